The molecule has 1 amide bonds. The zero-order chi connectivity index (χ0) is 10.7. The minimum Gasteiger partial charge on any atom is -0.505 e. The van der Waals surface area contributed by atoms with E-state index >= 15 is 0 Å². The van der Waals surface area contributed by atoms with E-state index in [4.69, 9.17) is 5.11 Å². The average Bonchev–Trinajstić information content (AvgIpc) is 2.07. The van der Waals surface area contributed by atoms with Gasteiger partial charge in [-0.1, -0.05) is 6.07 Å². The number of hydrogen-bond donors (Lipinski definition) is 3. The van der Waals surface area contributed by atoms with E-state index in [9.17, 15) is 14.7 Å². The van der Waals surface area contributed by atoms with Crippen LogP contribution in [0, 0.1) is 0 Å². The Morgan fingerprint density at radius 1 is 1.36 bits per heavy atom. The summed E-state index contributed by atoms with van der Waals surface area (Å²) in [6, 6.07) is 4.11. The van der Waals surface area contributed by atoms with Crippen molar-refractivity contribution in [3.05, 3.63) is 23.8 Å². The normalized spacial score (nSPS) is 9.50. The molecule has 0 atom stereocenters. The molecule has 0 aliphatic rings. The van der Waals surface area contributed by atoms with Crippen LogP contribution in [0.1, 0.15) is 17.3 Å². The summed E-state index contributed by atoms with van der Waals surface area (Å²) in [5, 5.41) is 20.4. The van der Waals surface area contributed by atoms with Gasteiger partial charge in [-0.05, 0) is 12.1 Å². The molecule has 0 saturated carbocycles. The average molecular weight is 195 g/mol. The zero-order valence-corrected chi connectivity index (χ0v) is 7.44. The monoisotopic (exact) mass is 195 g/mol. The Bertz CT molecular complexity index is 386. The van der Waals surface area contributed by atoms with E-state index in [1.807, 2.05) is 0 Å². The number of benzene rings is 1. The summed E-state index contributed by atoms with van der Waals surface area (Å²) in [5.41, 5.74) is -0.145. The van der Waals surface area contributed by atoms with Gasteiger partial charge in [0, 0.05) is 6.92 Å². The molecule has 5 nitrogen and oxygen atoms in total. The second-order valence-electron chi connectivity index (χ2n) is 2.69. The molecule has 0 bridgehead atoms. The van der Waals surface area contributed by atoms with Crippen LogP contribution in [0.2, 0.25) is 0 Å². The molecule has 0 aliphatic carbocycles. The van der Waals surface area contributed by atoms with Crippen molar-refractivity contribution in [2.75, 3.05) is 5.32 Å². The second kappa shape index (κ2) is 3.78. The number of para-hydroxylation sites is 1. The molecule has 1 aromatic rings. The highest BCUT2D eigenvalue weighted by Gasteiger charge is 2.12. The van der Waals surface area contributed by atoms with Crippen LogP contribution < -0.4 is 5.32 Å². The molecule has 1 aromatic carbocycles. The second-order valence-corrected chi connectivity index (χ2v) is 2.69. The fourth-order valence-corrected chi connectivity index (χ4v) is 1.01. The van der Waals surface area contributed by atoms with Crippen molar-refractivity contribution in [2.45, 2.75) is 6.92 Å². The number of carboxylic acids is 1. The van der Waals surface area contributed by atoms with Crippen molar-refractivity contribution >= 4 is 17.6 Å². The Hall–Kier alpha value is -2.04. The van der Waals surface area contributed by atoms with Gasteiger partial charge in [-0.15, -0.1) is 0 Å². The lowest BCUT2D eigenvalue weighted by Crippen LogP contribution is -2.07. The predicted octanol–water partition coefficient (Wildman–Crippen LogP) is 1.05. The molecule has 0 unspecified atom stereocenters. The summed E-state index contributed by atoms with van der Waals surface area (Å²) in [4.78, 5) is 21.3. The van der Waals surface area contributed by atoms with Crippen molar-refractivity contribution < 1.29 is 19.8 Å². The molecule has 0 aliphatic heterocycles. The Labute approximate surface area is 80.0 Å². The molecular weight excluding hydrogens is 186 g/mol. The summed E-state index contributed by atoms with van der Waals surface area (Å²) >= 11 is 0. The number of carbonyl (C=O) groups is 2. The van der Waals surface area contributed by atoms with Crippen LogP contribution in [-0.2, 0) is 4.79 Å². The molecular formula is C9H9NO4. The number of aromatic hydroxyl groups is 1. The number of anilines is 1. The maximum atomic E-state index is 10.7. The summed E-state index contributed by atoms with van der Waals surface area (Å²) in [6.07, 6.45) is 0. The number of hydrogen-bond acceptors (Lipinski definition) is 3. The molecule has 1 rings (SSSR count). The first kappa shape index (κ1) is 10.0. The van der Waals surface area contributed by atoms with Crippen LogP contribution in [0.3, 0.4) is 0 Å². The van der Waals surface area contributed by atoms with E-state index in [2.05, 4.69) is 5.32 Å². The lowest BCUT2D eigenvalue weighted by atomic mass is 10.1. The van der Waals surface area contributed by atoms with Crippen molar-refractivity contribution in [3.8, 4) is 5.75 Å². The summed E-state index contributed by atoms with van der Waals surface area (Å²) < 4.78 is 0. The van der Waals surface area contributed by atoms with Crippen molar-refractivity contribution in [1.29, 1.82) is 0 Å². The van der Waals surface area contributed by atoms with Gasteiger partial charge in [0.2, 0.25) is 5.91 Å². The van der Waals surface area contributed by atoms with E-state index < -0.39 is 11.7 Å². The fraction of sp³-hybridized carbons (Fsp3) is 0.111. The van der Waals surface area contributed by atoms with Crippen LogP contribution in [0.15, 0.2) is 18.2 Å². The highest BCUT2D eigenvalue weighted by atomic mass is 16.4. The first-order valence-electron chi connectivity index (χ1n) is 3.85. The summed E-state index contributed by atoms with van der Waals surface area (Å²) in [6.45, 7) is 1.27. The Morgan fingerprint density at radius 3 is 2.50 bits per heavy atom. The Balaban J connectivity index is 3.13. The largest absolute Gasteiger partial charge is 0.505 e. The molecule has 0 radical (unpaired) electrons. The van der Waals surface area contributed by atoms with Crippen LogP contribution in [0.5, 0.6) is 5.75 Å². The number of aromatic carboxylic acids is 1. The molecule has 14 heavy (non-hydrogen) atoms. The van der Waals surface area contributed by atoms with Crippen molar-refractivity contribution in [2.24, 2.45) is 0 Å². The van der Waals surface area contributed by atoms with Crippen LogP contribution >= 0.6 is 0 Å². The van der Waals surface area contributed by atoms with Gasteiger partial charge in [-0.25, -0.2) is 4.79 Å². The molecule has 3 N–H and O–H groups in total. The summed E-state index contributed by atoms with van der Waals surface area (Å²) in [7, 11) is 0. The molecule has 0 spiro atoms. The number of nitrogens with one attached hydrogen (secondary N) is 1. The summed E-state index contributed by atoms with van der Waals surface area (Å²) in [5.74, 6) is -2.05. The van der Waals surface area contributed by atoms with E-state index in [-0.39, 0.29) is 17.2 Å². The van der Waals surface area contributed by atoms with Crippen LogP contribution in [-0.4, -0.2) is 22.1 Å². The number of carbonyl (C=O) groups excluding carboxylic acids is 1. The molecule has 74 valence electrons. The van der Waals surface area contributed by atoms with E-state index in [0.717, 1.165) is 0 Å². The number of rotatable bonds is 2. The third kappa shape index (κ3) is 2.01. The lowest BCUT2D eigenvalue weighted by Gasteiger charge is -2.06. The number of amides is 1. The van der Waals surface area contributed by atoms with Gasteiger partial charge in [-0.3, -0.25) is 4.79 Å². The molecule has 0 aromatic heterocycles. The van der Waals surface area contributed by atoms with Crippen LogP contribution in [0.4, 0.5) is 5.69 Å². The van der Waals surface area contributed by atoms with Crippen LogP contribution in [0.25, 0.3) is 0 Å². The van der Waals surface area contributed by atoms with Crippen molar-refractivity contribution in [1.82, 2.24) is 0 Å². The van der Waals surface area contributed by atoms with Gasteiger partial charge in [0.25, 0.3) is 0 Å². The molecule has 0 fully saturated rings. The standard InChI is InChI=1S/C9H9NO4/c1-5(11)10-7-4-2-3-6(8(7)12)9(13)14/h2-4,12H,1H3,(H,10,11)(H,13,14). The third-order valence-corrected chi connectivity index (χ3v) is 1.58. The van der Waals surface area contributed by atoms with Gasteiger partial charge in [0.15, 0.2) is 5.75 Å². The molecule has 0 saturated heterocycles. The quantitative estimate of drug-likeness (QED) is 0.615. The Kier molecular flexibility index (Phi) is 2.71. The van der Waals surface area contributed by atoms with Gasteiger partial charge in [0.1, 0.15) is 5.56 Å². The van der Waals surface area contributed by atoms with Gasteiger partial charge in [0.05, 0.1) is 5.69 Å². The van der Waals surface area contributed by atoms with E-state index in [0.29, 0.717) is 0 Å². The fourth-order valence-electron chi connectivity index (χ4n) is 1.01. The van der Waals surface area contributed by atoms with Gasteiger partial charge >= 0.3 is 5.97 Å². The van der Waals surface area contributed by atoms with E-state index in [1.165, 1.54) is 25.1 Å². The maximum absolute atomic E-state index is 10.7. The topological polar surface area (TPSA) is 86.6 Å². The molecule has 0 heterocycles. The SMILES string of the molecule is CC(=O)Nc1cccc(C(=O)O)c1O. The maximum Gasteiger partial charge on any atom is 0.339 e. The smallest absolute Gasteiger partial charge is 0.339 e. The Morgan fingerprint density at radius 2 is 2.00 bits per heavy atom. The predicted molar refractivity (Wildman–Crippen MR) is 49.4 cm³/mol. The van der Waals surface area contributed by atoms with Gasteiger partial charge in [-0.2, -0.15) is 0 Å². The first-order valence-corrected chi connectivity index (χ1v) is 3.85. The van der Waals surface area contributed by atoms with Crippen molar-refractivity contribution in [3.63, 3.8) is 0 Å². The highest BCUT2D eigenvalue weighted by Crippen LogP contribution is 2.27. The molecule has 5 heteroatoms. The zero-order valence-electron chi connectivity index (χ0n) is 7.44. The minimum absolute atomic E-state index is 0.0948. The first-order chi connectivity index (χ1) is 6.52. The highest BCUT2D eigenvalue weighted by molar-refractivity contribution is 5.97. The number of phenols is 1. The lowest BCUT2D eigenvalue weighted by molar-refractivity contribution is -0.114. The van der Waals surface area contributed by atoms with E-state index in [1.54, 1.807) is 0 Å². The third-order valence-electron chi connectivity index (χ3n) is 1.58. The van der Waals surface area contributed by atoms with Gasteiger partial charge < -0.3 is 15.5 Å². The minimum atomic E-state index is -1.24. The number of carboxylic acid groups (broad SMARTS) is 1.